The van der Waals surface area contributed by atoms with Gasteiger partial charge >= 0.3 is 5.97 Å². The zero-order valence-corrected chi connectivity index (χ0v) is 17.4. The van der Waals surface area contributed by atoms with E-state index in [9.17, 15) is 18.0 Å². The first-order chi connectivity index (χ1) is 14.7. The SMILES string of the molecule is Cc1cc(NS(=O)(=O)c2ccc(NC(=O)C[C@H](CC(=O)O)c3ccccc3)cc2)no1. The lowest BCUT2D eigenvalue weighted by atomic mass is 9.92. The highest BCUT2D eigenvalue weighted by Gasteiger charge is 2.20. The van der Waals surface area contributed by atoms with Crippen LogP contribution in [-0.2, 0) is 19.6 Å². The van der Waals surface area contributed by atoms with Crippen molar-refractivity contribution in [3.8, 4) is 0 Å². The maximum absolute atomic E-state index is 12.4. The summed E-state index contributed by atoms with van der Waals surface area (Å²) in [4.78, 5) is 23.6. The highest BCUT2D eigenvalue weighted by molar-refractivity contribution is 7.92. The summed E-state index contributed by atoms with van der Waals surface area (Å²) in [6.07, 6.45) is -0.203. The van der Waals surface area contributed by atoms with Gasteiger partial charge in [0.05, 0.1) is 11.3 Å². The minimum absolute atomic E-state index is 0.0146. The van der Waals surface area contributed by atoms with Crippen molar-refractivity contribution in [3.05, 3.63) is 72.0 Å². The lowest BCUT2D eigenvalue weighted by Gasteiger charge is -2.15. The van der Waals surface area contributed by atoms with Crippen molar-refractivity contribution in [2.75, 3.05) is 10.0 Å². The molecule has 0 bridgehead atoms. The largest absolute Gasteiger partial charge is 0.481 e. The number of aliphatic carboxylic acids is 1. The van der Waals surface area contributed by atoms with Crippen LogP contribution in [0.3, 0.4) is 0 Å². The molecule has 3 rings (SSSR count). The third kappa shape index (κ3) is 6.16. The van der Waals surface area contributed by atoms with Gasteiger partial charge in [-0.15, -0.1) is 0 Å². The number of amides is 1. The van der Waals surface area contributed by atoms with E-state index in [2.05, 4.69) is 15.2 Å². The molecule has 2 aromatic carbocycles. The molecule has 3 N–H and O–H groups in total. The van der Waals surface area contributed by atoms with Crippen LogP contribution in [0.4, 0.5) is 11.5 Å². The van der Waals surface area contributed by atoms with Crippen molar-refractivity contribution in [1.82, 2.24) is 5.16 Å². The standard InChI is InChI=1S/C21H21N3O6S/c1-14-11-19(23-30-14)24-31(28,29)18-9-7-17(8-10-18)22-20(25)12-16(13-21(26)27)15-5-3-2-4-6-15/h2-11,16H,12-13H2,1H3,(H,22,25)(H,23,24)(H,26,27)/t16-/m1/s1. The van der Waals surface area contributed by atoms with Crippen molar-refractivity contribution in [3.63, 3.8) is 0 Å². The fourth-order valence-electron chi connectivity index (χ4n) is 3.01. The second kappa shape index (κ2) is 9.43. The number of carboxylic acids is 1. The normalized spacial score (nSPS) is 12.2. The van der Waals surface area contributed by atoms with Crippen LogP contribution in [0.5, 0.6) is 0 Å². The minimum atomic E-state index is -3.86. The van der Waals surface area contributed by atoms with Crippen LogP contribution in [0, 0.1) is 6.92 Å². The molecule has 3 aromatic rings. The number of aryl methyl sites for hydroxylation is 1. The molecule has 0 saturated carbocycles. The number of carbonyl (C=O) groups excluding carboxylic acids is 1. The Balaban J connectivity index is 1.65. The summed E-state index contributed by atoms with van der Waals surface area (Å²) in [5.74, 6) is -1.31. The van der Waals surface area contributed by atoms with E-state index in [-0.39, 0.29) is 29.5 Å². The van der Waals surface area contributed by atoms with Gasteiger partial charge in [-0.1, -0.05) is 35.5 Å². The van der Waals surface area contributed by atoms with Crippen LogP contribution in [0.2, 0.25) is 0 Å². The molecule has 9 nitrogen and oxygen atoms in total. The summed E-state index contributed by atoms with van der Waals surface area (Å²) < 4.78 is 32.0. The number of sulfonamides is 1. The van der Waals surface area contributed by atoms with Crippen LogP contribution in [0.25, 0.3) is 0 Å². The van der Waals surface area contributed by atoms with Gasteiger partial charge < -0.3 is 14.9 Å². The number of carboxylic acid groups (broad SMARTS) is 1. The number of hydrogen-bond acceptors (Lipinski definition) is 6. The Hall–Kier alpha value is -3.66. The number of aromatic nitrogens is 1. The maximum Gasteiger partial charge on any atom is 0.303 e. The minimum Gasteiger partial charge on any atom is -0.481 e. The second-order valence-electron chi connectivity index (χ2n) is 6.91. The molecule has 1 amide bonds. The number of anilines is 2. The maximum atomic E-state index is 12.4. The molecule has 31 heavy (non-hydrogen) atoms. The van der Waals surface area contributed by atoms with E-state index in [1.807, 2.05) is 6.07 Å². The van der Waals surface area contributed by atoms with Gasteiger partial charge in [-0.2, -0.15) is 0 Å². The number of benzene rings is 2. The van der Waals surface area contributed by atoms with Crippen molar-refractivity contribution in [1.29, 1.82) is 0 Å². The van der Waals surface area contributed by atoms with Crippen LogP contribution in [0.1, 0.15) is 30.1 Å². The van der Waals surface area contributed by atoms with E-state index >= 15 is 0 Å². The van der Waals surface area contributed by atoms with Crippen molar-refractivity contribution in [2.45, 2.75) is 30.6 Å². The van der Waals surface area contributed by atoms with Crippen molar-refractivity contribution < 1.29 is 27.6 Å². The van der Waals surface area contributed by atoms with E-state index < -0.39 is 21.9 Å². The first-order valence-corrected chi connectivity index (χ1v) is 10.8. The third-order valence-corrected chi connectivity index (χ3v) is 5.81. The Bertz CT molecular complexity index is 1160. The van der Waals surface area contributed by atoms with Gasteiger partial charge in [0, 0.05) is 24.1 Å². The van der Waals surface area contributed by atoms with Gasteiger partial charge in [-0.3, -0.25) is 14.3 Å². The van der Waals surface area contributed by atoms with Crippen LogP contribution < -0.4 is 10.0 Å². The fourth-order valence-corrected chi connectivity index (χ4v) is 3.99. The quantitative estimate of drug-likeness (QED) is 0.461. The van der Waals surface area contributed by atoms with Gasteiger partial charge in [0.2, 0.25) is 5.91 Å². The number of hydrogen-bond donors (Lipinski definition) is 3. The average Bonchev–Trinajstić information content (AvgIpc) is 3.12. The number of carbonyl (C=O) groups is 2. The summed E-state index contributed by atoms with van der Waals surface area (Å²) in [7, 11) is -3.86. The van der Waals surface area contributed by atoms with Crippen molar-refractivity contribution in [2.24, 2.45) is 0 Å². The fraction of sp³-hybridized carbons (Fsp3) is 0.190. The molecule has 0 radical (unpaired) electrons. The molecule has 1 atom stereocenters. The average molecular weight is 443 g/mol. The predicted octanol–water partition coefficient (Wildman–Crippen LogP) is 3.37. The topological polar surface area (TPSA) is 139 Å². The summed E-state index contributed by atoms with van der Waals surface area (Å²) in [6, 6.07) is 16.0. The first-order valence-electron chi connectivity index (χ1n) is 9.36. The molecule has 1 heterocycles. The molecule has 0 aliphatic rings. The Labute approximate surface area is 179 Å². The molecular weight excluding hydrogens is 422 g/mol. The Morgan fingerprint density at radius 1 is 1.06 bits per heavy atom. The Kier molecular flexibility index (Phi) is 6.71. The highest BCUT2D eigenvalue weighted by atomic mass is 32.2. The molecule has 0 saturated heterocycles. The van der Waals surface area contributed by atoms with E-state index in [1.165, 1.54) is 30.3 Å². The summed E-state index contributed by atoms with van der Waals surface area (Å²) in [6.45, 7) is 1.64. The Morgan fingerprint density at radius 3 is 2.32 bits per heavy atom. The molecule has 1 aromatic heterocycles. The van der Waals surface area contributed by atoms with Gasteiger partial charge in [0.15, 0.2) is 5.82 Å². The smallest absolute Gasteiger partial charge is 0.303 e. The van der Waals surface area contributed by atoms with Gasteiger partial charge in [0.25, 0.3) is 10.0 Å². The van der Waals surface area contributed by atoms with Crippen LogP contribution in [-0.4, -0.2) is 30.6 Å². The summed E-state index contributed by atoms with van der Waals surface area (Å²) >= 11 is 0. The number of rotatable bonds is 9. The van der Waals surface area contributed by atoms with Crippen LogP contribution >= 0.6 is 0 Å². The summed E-state index contributed by atoms with van der Waals surface area (Å²) in [5, 5.41) is 15.4. The monoisotopic (exact) mass is 443 g/mol. The van der Waals surface area contributed by atoms with Gasteiger partial charge in [-0.05, 0) is 36.8 Å². The lowest BCUT2D eigenvalue weighted by Crippen LogP contribution is -2.18. The molecule has 0 fully saturated rings. The molecule has 162 valence electrons. The predicted molar refractivity (Wildman–Crippen MR) is 113 cm³/mol. The van der Waals surface area contributed by atoms with E-state index in [0.29, 0.717) is 11.4 Å². The lowest BCUT2D eigenvalue weighted by molar-refractivity contribution is -0.137. The van der Waals surface area contributed by atoms with Crippen LogP contribution in [0.15, 0.2) is 70.1 Å². The third-order valence-electron chi connectivity index (χ3n) is 4.44. The van der Waals surface area contributed by atoms with E-state index in [4.69, 9.17) is 9.63 Å². The molecule has 0 aliphatic heterocycles. The van der Waals surface area contributed by atoms with Gasteiger partial charge in [-0.25, -0.2) is 8.42 Å². The highest BCUT2D eigenvalue weighted by Crippen LogP contribution is 2.24. The molecule has 10 heteroatoms. The van der Waals surface area contributed by atoms with E-state index in [0.717, 1.165) is 5.56 Å². The number of nitrogens with one attached hydrogen (secondary N) is 2. The number of nitrogens with zero attached hydrogens (tertiary/aromatic N) is 1. The molecule has 0 unspecified atom stereocenters. The zero-order chi connectivity index (χ0) is 22.4. The van der Waals surface area contributed by atoms with Crippen molar-refractivity contribution >= 4 is 33.4 Å². The summed E-state index contributed by atoms with van der Waals surface area (Å²) in [5.41, 5.74) is 1.15. The van der Waals surface area contributed by atoms with Gasteiger partial charge in [0.1, 0.15) is 5.76 Å². The second-order valence-corrected chi connectivity index (χ2v) is 8.59. The molecule has 0 aliphatic carbocycles. The zero-order valence-electron chi connectivity index (χ0n) is 16.6. The molecular formula is C21H21N3O6S. The van der Waals surface area contributed by atoms with E-state index in [1.54, 1.807) is 31.2 Å². The Morgan fingerprint density at radius 2 is 1.74 bits per heavy atom. The molecule has 0 spiro atoms. The first kappa shape index (κ1) is 22.0.